The molecule has 1 N–H and O–H groups in total. The minimum absolute atomic E-state index is 0.180. The number of carbonyl (C=O) groups is 2. The maximum atomic E-state index is 11.9. The van der Waals surface area contributed by atoms with Crippen LogP contribution < -0.4 is 14.9 Å². The summed E-state index contributed by atoms with van der Waals surface area (Å²) in [6, 6.07) is 16.8. The van der Waals surface area contributed by atoms with Gasteiger partial charge in [-0.15, -0.1) is 0 Å². The van der Waals surface area contributed by atoms with Crippen LogP contribution in [0.15, 0.2) is 70.2 Å². The molecule has 0 saturated carbocycles. The second-order valence-corrected chi connectivity index (χ2v) is 6.04. The van der Waals surface area contributed by atoms with Crippen LogP contribution in [0.2, 0.25) is 0 Å². The fourth-order valence-electron chi connectivity index (χ4n) is 2.35. The number of nitrogens with one attached hydrogen (secondary N) is 1. The van der Waals surface area contributed by atoms with Crippen molar-refractivity contribution < 1.29 is 28.4 Å². The number of rotatable bonds is 8. The molecule has 0 aliphatic rings. The maximum Gasteiger partial charge on any atom is 0.433 e. The first-order valence-electron chi connectivity index (χ1n) is 8.96. The van der Waals surface area contributed by atoms with Gasteiger partial charge in [-0.1, -0.05) is 12.1 Å². The van der Waals surface area contributed by atoms with E-state index in [2.05, 4.69) is 10.5 Å². The molecular weight excluding hydrogens is 420 g/mol. The fraction of sp³-hybridized carbons (Fsp3) is 0.0476. The second-order valence-electron chi connectivity index (χ2n) is 6.04. The van der Waals surface area contributed by atoms with E-state index < -0.39 is 22.7 Å². The van der Waals surface area contributed by atoms with Crippen molar-refractivity contribution in [3.05, 3.63) is 87.7 Å². The molecule has 1 heterocycles. The van der Waals surface area contributed by atoms with Crippen molar-refractivity contribution in [2.75, 3.05) is 6.61 Å². The number of amides is 1. The van der Waals surface area contributed by atoms with Gasteiger partial charge in [-0.3, -0.25) is 14.9 Å². The van der Waals surface area contributed by atoms with E-state index in [1.54, 1.807) is 36.4 Å². The molecule has 0 aliphatic heterocycles. The third-order valence-corrected chi connectivity index (χ3v) is 3.83. The van der Waals surface area contributed by atoms with E-state index in [4.69, 9.17) is 19.2 Å². The van der Waals surface area contributed by atoms with Crippen molar-refractivity contribution in [1.29, 1.82) is 5.26 Å². The predicted molar refractivity (Wildman–Crippen MR) is 109 cm³/mol. The molecule has 1 amide bonds. The summed E-state index contributed by atoms with van der Waals surface area (Å²) < 4.78 is 15.1. The van der Waals surface area contributed by atoms with Crippen LogP contribution >= 0.6 is 0 Å². The Kier molecular flexibility index (Phi) is 6.90. The summed E-state index contributed by atoms with van der Waals surface area (Å²) in [4.78, 5) is 33.6. The first-order valence-corrected chi connectivity index (χ1v) is 8.96. The Morgan fingerprint density at radius 2 is 1.91 bits per heavy atom. The Hall–Kier alpha value is -4.98. The van der Waals surface area contributed by atoms with Gasteiger partial charge in [0.1, 0.15) is 22.5 Å². The largest absolute Gasteiger partial charge is 0.482 e. The lowest BCUT2D eigenvalue weighted by Gasteiger charge is -2.06. The predicted octanol–water partition coefficient (Wildman–Crippen LogP) is 2.81. The zero-order valence-electron chi connectivity index (χ0n) is 16.3. The van der Waals surface area contributed by atoms with Crippen LogP contribution in [0.5, 0.6) is 11.5 Å². The third-order valence-electron chi connectivity index (χ3n) is 3.83. The quantitative estimate of drug-likeness (QED) is 0.186. The summed E-state index contributed by atoms with van der Waals surface area (Å²) >= 11 is 0. The van der Waals surface area contributed by atoms with Gasteiger partial charge >= 0.3 is 11.9 Å². The maximum absolute atomic E-state index is 11.9. The van der Waals surface area contributed by atoms with Crippen molar-refractivity contribution in [3.63, 3.8) is 0 Å². The van der Waals surface area contributed by atoms with Gasteiger partial charge in [0, 0.05) is 0 Å². The molecule has 2 aromatic carbocycles. The number of furan rings is 1. The molecule has 11 heteroatoms. The van der Waals surface area contributed by atoms with E-state index in [-0.39, 0.29) is 18.1 Å². The van der Waals surface area contributed by atoms with Gasteiger partial charge in [-0.2, -0.15) is 10.4 Å². The average molecular weight is 434 g/mol. The van der Waals surface area contributed by atoms with E-state index in [0.29, 0.717) is 16.9 Å². The van der Waals surface area contributed by atoms with Crippen molar-refractivity contribution in [2.24, 2.45) is 5.10 Å². The minimum atomic E-state index is -0.884. The Bertz CT molecular complexity index is 1210. The topological polar surface area (TPSA) is 157 Å². The number of benzene rings is 2. The molecule has 3 rings (SSSR count). The van der Waals surface area contributed by atoms with Gasteiger partial charge in [0.15, 0.2) is 6.61 Å². The molecule has 0 aliphatic carbocycles. The summed E-state index contributed by atoms with van der Waals surface area (Å²) in [6.07, 6.45) is 1.36. The highest BCUT2D eigenvalue weighted by Gasteiger charge is 2.19. The summed E-state index contributed by atoms with van der Waals surface area (Å²) in [5.74, 6) is -1.80. The molecule has 0 saturated heterocycles. The van der Waals surface area contributed by atoms with Crippen molar-refractivity contribution in [3.8, 4) is 17.6 Å². The molecular formula is C21H14N4O7. The summed E-state index contributed by atoms with van der Waals surface area (Å²) in [6.45, 7) is -0.324. The number of hydrogen-bond donors (Lipinski definition) is 1. The van der Waals surface area contributed by atoms with Gasteiger partial charge in [0.2, 0.25) is 5.76 Å². The first kappa shape index (κ1) is 21.7. The Morgan fingerprint density at radius 3 is 2.59 bits per heavy atom. The first-order chi connectivity index (χ1) is 15.5. The van der Waals surface area contributed by atoms with Gasteiger partial charge in [0.05, 0.1) is 17.8 Å². The van der Waals surface area contributed by atoms with E-state index in [1.165, 1.54) is 18.3 Å². The van der Waals surface area contributed by atoms with Gasteiger partial charge in [-0.05, 0) is 48.0 Å². The molecule has 0 radical (unpaired) electrons. The van der Waals surface area contributed by atoms with Crippen LogP contribution in [0, 0.1) is 21.4 Å². The summed E-state index contributed by atoms with van der Waals surface area (Å²) in [5.41, 5.74) is 3.20. The number of carbonyl (C=O) groups excluding carboxylic acids is 2. The van der Waals surface area contributed by atoms with E-state index in [1.807, 2.05) is 6.07 Å². The van der Waals surface area contributed by atoms with Gasteiger partial charge in [-0.25, -0.2) is 10.2 Å². The SMILES string of the molecule is N#Cc1ccccc1OCC(=O)N/N=C\c1ccc(OC(=O)c2ccc([N+](=O)[O-])o2)cc1. The van der Waals surface area contributed by atoms with Crippen LogP contribution in [0.25, 0.3) is 0 Å². The van der Waals surface area contributed by atoms with E-state index in [9.17, 15) is 19.7 Å². The molecule has 3 aromatic rings. The Morgan fingerprint density at radius 1 is 1.16 bits per heavy atom. The van der Waals surface area contributed by atoms with Crippen LogP contribution in [0.4, 0.5) is 5.88 Å². The third kappa shape index (κ3) is 5.77. The number of esters is 1. The lowest BCUT2D eigenvalue weighted by Crippen LogP contribution is -2.24. The molecule has 160 valence electrons. The van der Waals surface area contributed by atoms with Crippen LogP contribution in [-0.4, -0.2) is 29.6 Å². The van der Waals surface area contributed by atoms with Crippen molar-refractivity contribution in [1.82, 2.24) is 5.43 Å². The van der Waals surface area contributed by atoms with Crippen molar-refractivity contribution >= 4 is 24.0 Å². The zero-order valence-corrected chi connectivity index (χ0v) is 16.3. The number of ether oxygens (including phenoxy) is 2. The number of hydrogen-bond acceptors (Lipinski definition) is 9. The fourth-order valence-corrected chi connectivity index (χ4v) is 2.35. The highest BCUT2D eigenvalue weighted by molar-refractivity contribution is 5.88. The lowest BCUT2D eigenvalue weighted by molar-refractivity contribution is -0.402. The normalized spacial score (nSPS) is 10.3. The Labute approximate surface area is 180 Å². The Balaban J connectivity index is 1.48. The lowest BCUT2D eigenvalue weighted by atomic mass is 10.2. The molecule has 0 bridgehead atoms. The molecule has 0 atom stereocenters. The smallest absolute Gasteiger partial charge is 0.433 e. The number of hydrazone groups is 1. The minimum Gasteiger partial charge on any atom is -0.482 e. The van der Waals surface area contributed by atoms with E-state index >= 15 is 0 Å². The highest BCUT2D eigenvalue weighted by atomic mass is 16.7. The number of nitrogens with zero attached hydrogens (tertiary/aromatic N) is 3. The molecule has 0 spiro atoms. The summed E-state index contributed by atoms with van der Waals surface area (Å²) in [7, 11) is 0. The molecule has 0 fully saturated rings. The zero-order chi connectivity index (χ0) is 22.9. The average Bonchev–Trinajstić information content (AvgIpc) is 3.30. The standard InChI is InChI=1S/C21H14N4O7/c22-11-15-3-1-2-4-17(15)30-13-19(26)24-23-12-14-5-7-16(8-6-14)31-21(27)18-9-10-20(32-18)25(28)29/h1-10,12H,13H2,(H,24,26)/b23-12-. The monoisotopic (exact) mass is 434 g/mol. The van der Waals surface area contributed by atoms with Crippen LogP contribution in [0.3, 0.4) is 0 Å². The van der Waals surface area contributed by atoms with E-state index in [0.717, 1.165) is 12.1 Å². The summed E-state index contributed by atoms with van der Waals surface area (Å²) in [5, 5.41) is 23.4. The van der Waals surface area contributed by atoms with Crippen molar-refractivity contribution in [2.45, 2.75) is 0 Å². The van der Waals surface area contributed by atoms with Crippen LogP contribution in [-0.2, 0) is 4.79 Å². The molecule has 11 nitrogen and oxygen atoms in total. The molecule has 1 aromatic heterocycles. The molecule has 32 heavy (non-hydrogen) atoms. The number of para-hydroxylation sites is 1. The molecule has 0 unspecified atom stereocenters. The second kappa shape index (κ2) is 10.2. The number of nitro groups is 1. The van der Waals surface area contributed by atoms with Gasteiger partial charge in [0.25, 0.3) is 5.91 Å². The van der Waals surface area contributed by atoms with Gasteiger partial charge < -0.3 is 13.9 Å². The van der Waals surface area contributed by atoms with Crippen LogP contribution in [0.1, 0.15) is 21.7 Å². The number of nitriles is 1. The highest BCUT2D eigenvalue weighted by Crippen LogP contribution is 2.19.